The fraction of sp³-hybridized carbons (Fsp3) is 0.545. The van der Waals surface area contributed by atoms with Crippen LogP contribution in [0.3, 0.4) is 0 Å². The third-order valence-electron chi connectivity index (χ3n) is 2.86. The molecule has 1 aromatic rings. The number of aromatic nitrogens is 1. The molecular formula is C11H13BrN4O. The zero-order valence-corrected chi connectivity index (χ0v) is 11.1. The summed E-state index contributed by atoms with van der Waals surface area (Å²) in [6, 6.07) is 5.40. The highest BCUT2D eigenvalue weighted by atomic mass is 79.9. The van der Waals surface area contributed by atoms with Crippen molar-refractivity contribution in [3.8, 4) is 0 Å². The molecule has 2 heterocycles. The van der Waals surface area contributed by atoms with E-state index in [-0.39, 0.29) is 11.5 Å². The first kappa shape index (κ1) is 12.4. The highest BCUT2D eigenvalue weighted by molar-refractivity contribution is 9.10. The zero-order chi connectivity index (χ0) is 12.3. The first-order valence-electron chi connectivity index (χ1n) is 5.37. The van der Waals surface area contributed by atoms with Crippen molar-refractivity contribution in [3.63, 3.8) is 0 Å². The van der Waals surface area contributed by atoms with Crippen LogP contribution in [0.25, 0.3) is 10.4 Å². The van der Waals surface area contributed by atoms with Crippen molar-refractivity contribution >= 4 is 15.9 Å². The Labute approximate surface area is 108 Å². The van der Waals surface area contributed by atoms with E-state index in [2.05, 4.69) is 37.9 Å². The highest BCUT2D eigenvalue weighted by Gasteiger charge is 2.36. The number of halogens is 1. The lowest BCUT2D eigenvalue weighted by molar-refractivity contribution is -0.108. The topological polar surface area (TPSA) is 70.9 Å². The average Bonchev–Trinajstić information content (AvgIpc) is 2.26. The maximum Gasteiger partial charge on any atom is 0.106 e. The molecule has 1 unspecified atom stereocenters. The monoisotopic (exact) mass is 296 g/mol. The molecule has 1 fully saturated rings. The van der Waals surface area contributed by atoms with Crippen molar-refractivity contribution in [2.24, 2.45) is 10.5 Å². The quantitative estimate of drug-likeness (QED) is 0.368. The molecule has 0 N–H and O–H groups in total. The minimum absolute atomic E-state index is 0.100. The Morgan fingerprint density at radius 1 is 1.65 bits per heavy atom. The number of rotatable bonds is 4. The van der Waals surface area contributed by atoms with Crippen molar-refractivity contribution < 1.29 is 4.74 Å². The van der Waals surface area contributed by atoms with Crippen molar-refractivity contribution in [2.45, 2.75) is 19.4 Å². The van der Waals surface area contributed by atoms with Crippen molar-refractivity contribution in [3.05, 3.63) is 38.9 Å². The van der Waals surface area contributed by atoms with Gasteiger partial charge in [-0.2, -0.15) is 0 Å². The molecule has 1 atom stereocenters. The second-order valence-corrected chi connectivity index (χ2v) is 5.43. The Hall–Kier alpha value is -1.10. The SMILES string of the molecule is CC1(CC(N=[N+]=[N-])c2cccc(Br)n2)COC1. The Bertz CT molecular complexity index is 455. The van der Waals surface area contributed by atoms with Crippen LogP contribution in [0, 0.1) is 5.41 Å². The maximum atomic E-state index is 8.64. The van der Waals surface area contributed by atoms with Gasteiger partial charge in [-0.1, -0.05) is 18.1 Å². The van der Waals surface area contributed by atoms with Gasteiger partial charge in [-0.05, 0) is 40.0 Å². The molecule has 6 heteroatoms. The van der Waals surface area contributed by atoms with Gasteiger partial charge in [-0.15, -0.1) is 0 Å². The van der Waals surface area contributed by atoms with E-state index in [0.717, 1.165) is 29.9 Å². The molecule has 5 nitrogen and oxygen atoms in total. The molecule has 1 saturated heterocycles. The fourth-order valence-electron chi connectivity index (χ4n) is 1.91. The Morgan fingerprint density at radius 2 is 2.41 bits per heavy atom. The van der Waals surface area contributed by atoms with Gasteiger partial charge in [-0.3, -0.25) is 0 Å². The van der Waals surface area contributed by atoms with Gasteiger partial charge in [0.1, 0.15) is 4.60 Å². The van der Waals surface area contributed by atoms with Crippen molar-refractivity contribution in [1.82, 2.24) is 4.98 Å². The lowest BCUT2D eigenvalue weighted by Crippen LogP contribution is -2.40. The summed E-state index contributed by atoms with van der Waals surface area (Å²) in [5, 5.41) is 3.84. The third kappa shape index (κ3) is 2.97. The van der Waals surface area contributed by atoms with Gasteiger partial charge in [0.05, 0.1) is 24.9 Å². The van der Waals surface area contributed by atoms with Crippen LogP contribution in [0.15, 0.2) is 27.9 Å². The first-order chi connectivity index (χ1) is 8.13. The molecule has 0 bridgehead atoms. The minimum Gasteiger partial charge on any atom is -0.380 e. The predicted octanol–water partition coefficient (Wildman–Crippen LogP) is 3.62. The summed E-state index contributed by atoms with van der Waals surface area (Å²) in [5.74, 6) is 0. The second-order valence-electron chi connectivity index (χ2n) is 4.61. The van der Waals surface area contributed by atoms with Crippen LogP contribution in [0.2, 0.25) is 0 Å². The summed E-state index contributed by atoms with van der Waals surface area (Å²) in [6.45, 7) is 3.57. The minimum atomic E-state index is -0.230. The lowest BCUT2D eigenvalue weighted by Gasteiger charge is -2.39. The van der Waals surface area contributed by atoms with E-state index < -0.39 is 0 Å². The van der Waals surface area contributed by atoms with Gasteiger partial charge in [0.25, 0.3) is 0 Å². The Kier molecular flexibility index (Phi) is 3.66. The normalized spacial score (nSPS) is 18.9. The van der Waals surface area contributed by atoms with Crippen LogP contribution in [-0.2, 0) is 4.74 Å². The standard InChI is InChI=1S/C11H13BrN4O/c1-11(6-17-7-11)5-9(15-16-13)8-3-2-4-10(12)14-8/h2-4,9H,5-7H2,1H3. The summed E-state index contributed by atoms with van der Waals surface area (Å²) in [5.41, 5.74) is 9.54. The van der Waals surface area contributed by atoms with Gasteiger partial charge < -0.3 is 4.74 Å². The van der Waals surface area contributed by atoms with E-state index in [1.165, 1.54) is 0 Å². The fourth-order valence-corrected chi connectivity index (χ4v) is 2.27. The van der Waals surface area contributed by atoms with Crippen LogP contribution in [0.1, 0.15) is 25.1 Å². The summed E-state index contributed by atoms with van der Waals surface area (Å²) >= 11 is 3.32. The van der Waals surface area contributed by atoms with Crippen LogP contribution in [0.4, 0.5) is 0 Å². The van der Waals surface area contributed by atoms with E-state index in [1.807, 2.05) is 18.2 Å². The number of hydrogen-bond acceptors (Lipinski definition) is 3. The summed E-state index contributed by atoms with van der Waals surface area (Å²) in [6.07, 6.45) is 0.764. The molecule has 0 saturated carbocycles. The van der Waals surface area contributed by atoms with Crippen LogP contribution in [-0.4, -0.2) is 18.2 Å². The number of hydrogen-bond donors (Lipinski definition) is 0. The smallest absolute Gasteiger partial charge is 0.106 e. The van der Waals surface area contributed by atoms with Crippen molar-refractivity contribution in [1.29, 1.82) is 0 Å². The van der Waals surface area contributed by atoms with Crippen LogP contribution in [0.5, 0.6) is 0 Å². The molecule has 1 aliphatic heterocycles. The van der Waals surface area contributed by atoms with E-state index >= 15 is 0 Å². The predicted molar refractivity (Wildman–Crippen MR) is 67.4 cm³/mol. The Morgan fingerprint density at radius 3 is 2.94 bits per heavy atom. The van der Waals surface area contributed by atoms with Crippen LogP contribution >= 0.6 is 15.9 Å². The first-order valence-corrected chi connectivity index (χ1v) is 6.17. The van der Waals surface area contributed by atoms with Crippen LogP contribution < -0.4 is 0 Å². The van der Waals surface area contributed by atoms with E-state index in [0.29, 0.717) is 0 Å². The van der Waals surface area contributed by atoms with E-state index in [4.69, 9.17) is 10.3 Å². The average molecular weight is 297 g/mol. The zero-order valence-electron chi connectivity index (χ0n) is 9.51. The number of ether oxygens (including phenoxy) is 1. The molecule has 0 aliphatic carbocycles. The van der Waals surface area contributed by atoms with E-state index in [1.54, 1.807) is 0 Å². The van der Waals surface area contributed by atoms with Gasteiger partial charge in [0.2, 0.25) is 0 Å². The molecular weight excluding hydrogens is 284 g/mol. The molecule has 1 aliphatic rings. The highest BCUT2D eigenvalue weighted by Crippen LogP contribution is 2.38. The lowest BCUT2D eigenvalue weighted by atomic mass is 9.81. The molecule has 0 spiro atoms. The summed E-state index contributed by atoms with van der Waals surface area (Å²) in [4.78, 5) is 7.26. The number of nitrogens with zero attached hydrogens (tertiary/aromatic N) is 4. The number of pyridine rings is 1. The van der Waals surface area contributed by atoms with E-state index in [9.17, 15) is 0 Å². The third-order valence-corrected chi connectivity index (χ3v) is 3.30. The molecule has 17 heavy (non-hydrogen) atoms. The molecule has 90 valence electrons. The molecule has 1 aromatic heterocycles. The van der Waals surface area contributed by atoms with Gasteiger partial charge in [0, 0.05) is 10.3 Å². The molecule has 2 rings (SSSR count). The molecule has 0 aromatic carbocycles. The molecule has 0 radical (unpaired) electrons. The van der Waals surface area contributed by atoms with Gasteiger partial charge in [-0.25, -0.2) is 4.98 Å². The van der Waals surface area contributed by atoms with Gasteiger partial charge in [0.15, 0.2) is 0 Å². The van der Waals surface area contributed by atoms with Gasteiger partial charge >= 0.3 is 0 Å². The number of azide groups is 1. The summed E-state index contributed by atoms with van der Waals surface area (Å²) < 4.78 is 5.96. The largest absolute Gasteiger partial charge is 0.380 e. The van der Waals surface area contributed by atoms with Crippen molar-refractivity contribution in [2.75, 3.05) is 13.2 Å². The second kappa shape index (κ2) is 5.04. The molecule has 0 amide bonds. The summed E-state index contributed by atoms with van der Waals surface area (Å²) in [7, 11) is 0. The maximum absolute atomic E-state index is 8.64. The Balaban J connectivity index is 2.19.